The van der Waals surface area contributed by atoms with Gasteiger partial charge in [0, 0.05) is 10.9 Å². The van der Waals surface area contributed by atoms with Crippen LogP contribution >= 0.6 is 11.3 Å². The van der Waals surface area contributed by atoms with E-state index in [2.05, 4.69) is 10.3 Å². The summed E-state index contributed by atoms with van der Waals surface area (Å²) < 4.78 is 36.0. The van der Waals surface area contributed by atoms with E-state index in [9.17, 15) is 18.0 Å². The van der Waals surface area contributed by atoms with Gasteiger partial charge in [-0.05, 0) is 19.3 Å². The Morgan fingerprint density at radius 1 is 1.56 bits per heavy atom. The molecule has 4 nitrogen and oxygen atoms in total. The number of halogens is 3. The second-order valence-electron chi connectivity index (χ2n) is 4.23. The number of alkyl halides is 3. The molecule has 0 radical (unpaired) electrons. The summed E-state index contributed by atoms with van der Waals surface area (Å²) in [7, 11) is 0. The molecule has 0 saturated heterocycles. The van der Waals surface area contributed by atoms with E-state index in [4.69, 9.17) is 5.73 Å². The average molecular weight is 279 g/mol. The number of amides is 1. The van der Waals surface area contributed by atoms with E-state index in [-0.39, 0.29) is 11.2 Å². The minimum absolute atomic E-state index is 0.0664. The molecule has 0 bridgehead atoms. The van der Waals surface area contributed by atoms with Gasteiger partial charge < -0.3 is 11.1 Å². The summed E-state index contributed by atoms with van der Waals surface area (Å²) >= 11 is 1.20. The number of aromatic nitrogens is 1. The fourth-order valence-corrected chi connectivity index (χ4v) is 2.92. The Labute approximate surface area is 105 Å². The maximum atomic E-state index is 12.0. The van der Waals surface area contributed by atoms with Crippen molar-refractivity contribution < 1.29 is 18.0 Å². The van der Waals surface area contributed by atoms with Gasteiger partial charge in [-0.15, -0.1) is 11.3 Å². The van der Waals surface area contributed by atoms with Crippen molar-refractivity contribution in [2.45, 2.75) is 37.9 Å². The van der Waals surface area contributed by atoms with Crippen LogP contribution in [0.5, 0.6) is 0 Å². The lowest BCUT2D eigenvalue weighted by molar-refractivity contribution is -0.150. The molecule has 1 amide bonds. The van der Waals surface area contributed by atoms with Crippen molar-refractivity contribution >= 4 is 22.4 Å². The van der Waals surface area contributed by atoms with Crippen LogP contribution in [-0.2, 0) is 17.6 Å². The lowest BCUT2D eigenvalue weighted by atomic mass is 9.99. The summed E-state index contributed by atoms with van der Waals surface area (Å²) in [6.07, 6.45) is -3.79. The van der Waals surface area contributed by atoms with Gasteiger partial charge in [0.25, 0.3) is 0 Å². The summed E-state index contributed by atoms with van der Waals surface area (Å²) in [6.45, 7) is 0. The quantitative estimate of drug-likeness (QED) is 0.868. The molecule has 18 heavy (non-hydrogen) atoms. The molecule has 1 heterocycles. The minimum Gasteiger partial charge on any atom is -0.327 e. The first kappa shape index (κ1) is 13.3. The highest BCUT2D eigenvalue weighted by molar-refractivity contribution is 7.15. The van der Waals surface area contributed by atoms with Gasteiger partial charge >= 0.3 is 6.18 Å². The second kappa shape index (κ2) is 4.85. The Hall–Kier alpha value is -1.15. The molecule has 100 valence electrons. The number of hydrogen-bond donors (Lipinski definition) is 2. The Morgan fingerprint density at radius 3 is 2.94 bits per heavy atom. The molecule has 1 aromatic rings. The van der Waals surface area contributed by atoms with Gasteiger partial charge in [0.15, 0.2) is 5.13 Å². The number of fused-ring (bicyclic) bond motifs is 1. The van der Waals surface area contributed by atoms with Crippen LogP contribution in [-0.4, -0.2) is 23.1 Å². The van der Waals surface area contributed by atoms with Gasteiger partial charge in [-0.1, -0.05) is 0 Å². The summed E-state index contributed by atoms with van der Waals surface area (Å²) in [5, 5.41) is 2.40. The number of hydrogen-bond acceptors (Lipinski definition) is 4. The SMILES string of the molecule is N[C@H]1CCc2nc(NC(=O)CC(F)(F)F)sc2C1. The molecule has 1 aromatic heterocycles. The van der Waals surface area contributed by atoms with Gasteiger partial charge in [-0.3, -0.25) is 4.79 Å². The van der Waals surface area contributed by atoms with Crippen LogP contribution in [0.4, 0.5) is 18.3 Å². The van der Waals surface area contributed by atoms with Crippen molar-refractivity contribution in [1.29, 1.82) is 0 Å². The normalized spacial score (nSPS) is 19.4. The molecule has 8 heteroatoms. The van der Waals surface area contributed by atoms with E-state index in [1.807, 2.05) is 0 Å². The Bertz CT molecular complexity index is 458. The van der Waals surface area contributed by atoms with Gasteiger partial charge in [-0.25, -0.2) is 4.98 Å². The smallest absolute Gasteiger partial charge is 0.327 e. The number of carbonyl (C=O) groups is 1. The Balaban J connectivity index is 2.01. The van der Waals surface area contributed by atoms with Crippen LogP contribution in [0.1, 0.15) is 23.4 Å². The van der Waals surface area contributed by atoms with Gasteiger partial charge in [0.1, 0.15) is 6.42 Å². The van der Waals surface area contributed by atoms with Gasteiger partial charge in [0.05, 0.1) is 5.69 Å². The molecule has 0 aromatic carbocycles. The average Bonchev–Trinajstić information content (AvgIpc) is 2.55. The van der Waals surface area contributed by atoms with E-state index >= 15 is 0 Å². The molecule has 0 aliphatic heterocycles. The van der Waals surface area contributed by atoms with Crippen molar-refractivity contribution in [3.8, 4) is 0 Å². The number of nitrogens with two attached hydrogens (primary N) is 1. The number of thiazole rings is 1. The molecule has 0 fully saturated rings. The van der Waals surface area contributed by atoms with Crippen LogP contribution in [0.3, 0.4) is 0 Å². The molecule has 1 aliphatic carbocycles. The first-order valence-corrected chi connectivity index (χ1v) is 6.26. The molecule has 2 rings (SSSR count). The van der Waals surface area contributed by atoms with Crippen molar-refractivity contribution in [2.75, 3.05) is 5.32 Å². The summed E-state index contributed by atoms with van der Waals surface area (Å²) in [5.41, 5.74) is 6.62. The molecule has 1 aliphatic rings. The van der Waals surface area contributed by atoms with Crippen LogP contribution in [0, 0.1) is 0 Å². The highest BCUT2D eigenvalue weighted by Crippen LogP contribution is 2.29. The molecule has 0 unspecified atom stereocenters. The summed E-state index contributed by atoms with van der Waals surface area (Å²) in [6, 6.07) is 0.0664. The van der Waals surface area contributed by atoms with Gasteiger partial charge in [-0.2, -0.15) is 13.2 Å². The molecule has 0 spiro atoms. The zero-order valence-corrected chi connectivity index (χ0v) is 10.2. The molecule has 0 saturated carbocycles. The zero-order chi connectivity index (χ0) is 13.3. The predicted octanol–water partition coefficient (Wildman–Crippen LogP) is 1.85. The summed E-state index contributed by atoms with van der Waals surface area (Å²) in [5.74, 6) is -1.09. The van der Waals surface area contributed by atoms with E-state index in [1.165, 1.54) is 11.3 Å². The fraction of sp³-hybridized carbons (Fsp3) is 0.600. The Morgan fingerprint density at radius 2 is 2.28 bits per heavy atom. The first-order valence-electron chi connectivity index (χ1n) is 5.44. The predicted molar refractivity (Wildman–Crippen MR) is 61.4 cm³/mol. The van der Waals surface area contributed by atoms with Crippen molar-refractivity contribution in [3.63, 3.8) is 0 Å². The topological polar surface area (TPSA) is 68.0 Å². The first-order chi connectivity index (χ1) is 8.33. The third-order valence-electron chi connectivity index (χ3n) is 2.59. The number of carbonyl (C=O) groups excluding carboxylic acids is 1. The molecule has 1 atom stereocenters. The molecular formula is C10H12F3N3OS. The van der Waals surface area contributed by atoms with E-state index < -0.39 is 18.5 Å². The van der Waals surface area contributed by atoms with E-state index in [0.717, 1.165) is 17.0 Å². The van der Waals surface area contributed by atoms with Crippen molar-refractivity contribution in [3.05, 3.63) is 10.6 Å². The standard InChI is InChI=1S/C10H12F3N3OS/c11-10(12,13)4-8(17)16-9-15-6-2-1-5(14)3-7(6)18-9/h5H,1-4,14H2,(H,15,16,17)/t5-/m0/s1. The fourth-order valence-electron chi connectivity index (χ4n) is 1.80. The molecule has 3 N–H and O–H groups in total. The van der Waals surface area contributed by atoms with Crippen LogP contribution in [0.25, 0.3) is 0 Å². The highest BCUT2D eigenvalue weighted by Gasteiger charge is 2.31. The highest BCUT2D eigenvalue weighted by atomic mass is 32.1. The lowest BCUT2D eigenvalue weighted by Gasteiger charge is -2.15. The van der Waals surface area contributed by atoms with Crippen molar-refractivity contribution in [2.24, 2.45) is 5.73 Å². The van der Waals surface area contributed by atoms with Gasteiger partial charge in [0.2, 0.25) is 5.91 Å². The number of aryl methyl sites for hydroxylation is 1. The van der Waals surface area contributed by atoms with E-state index in [0.29, 0.717) is 12.8 Å². The molecular weight excluding hydrogens is 267 g/mol. The zero-order valence-electron chi connectivity index (χ0n) is 9.38. The summed E-state index contributed by atoms with van der Waals surface area (Å²) in [4.78, 5) is 16.2. The lowest BCUT2D eigenvalue weighted by Crippen LogP contribution is -2.27. The maximum absolute atomic E-state index is 12.0. The number of rotatable bonds is 2. The third-order valence-corrected chi connectivity index (χ3v) is 3.62. The number of anilines is 1. The van der Waals surface area contributed by atoms with Crippen LogP contribution in [0.2, 0.25) is 0 Å². The second-order valence-corrected chi connectivity index (χ2v) is 5.32. The number of nitrogens with zero attached hydrogens (tertiary/aromatic N) is 1. The van der Waals surface area contributed by atoms with Crippen LogP contribution in [0.15, 0.2) is 0 Å². The Kier molecular flexibility index (Phi) is 3.58. The largest absolute Gasteiger partial charge is 0.397 e. The number of nitrogens with one attached hydrogen (secondary N) is 1. The van der Waals surface area contributed by atoms with Crippen LogP contribution < -0.4 is 11.1 Å². The monoisotopic (exact) mass is 279 g/mol. The third kappa shape index (κ3) is 3.42. The minimum atomic E-state index is -4.50. The van der Waals surface area contributed by atoms with E-state index in [1.54, 1.807) is 0 Å². The van der Waals surface area contributed by atoms with Crippen molar-refractivity contribution in [1.82, 2.24) is 4.98 Å². The maximum Gasteiger partial charge on any atom is 0.397 e.